The topological polar surface area (TPSA) is 86.0 Å². The number of pyridine rings is 1. The van der Waals surface area contributed by atoms with Crippen LogP contribution < -0.4 is 5.32 Å². The molecule has 0 radical (unpaired) electrons. The summed E-state index contributed by atoms with van der Waals surface area (Å²) in [4.78, 5) is 15.9. The van der Waals surface area contributed by atoms with Crippen LogP contribution in [0.3, 0.4) is 0 Å². The molecule has 0 atom stereocenters. The summed E-state index contributed by atoms with van der Waals surface area (Å²) in [5, 5.41) is 20.7. The first-order valence-electron chi connectivity index (χ1n) is 5.57. The molecule has 19 heavy (non-hydrogen) atoms. The summed E-state index contributed by atoms with van der Waals surface area (Å²) >= 11 is 0. The van der Waals surface area contributed by atoms with Crippen LogP contribution in [0.1, 0.15) is 21.5 Å². The number of hydrogen-bond acceptors (Lipinski definition) is 4. The first-order valence-corrected chi connectivity index (χ1v) is 5.57. The quantitative estimate of drug-likeness (QED) is 0.859. The predicted molar refractivity (Wildman–Crippen MR) is 69.7 cm³/mol. The molecule has 1 aromatic heterocycles. The van der Waals surface area contributed by atoms with Crippen molar-refractivity contribution in [2.75, 3.05) is 5.32 Å². The van der Waals surface area contributed by atoms with Crippen LogP contribution in [0.4, 0.5) is 5.82 Å². The minimum atomic E-state index is -0.319. The van der Waals surface area contributed by atoms with Gasteiger partial charge in [-0.3, -0.25) is 4.79 Å². The van der Waals surface area contributed by atoms with Crippen molar-refractivity contribution in [2.24, 2.45) is 0 Å². The van der Waals surface area contributed by atoms with Gasteiger partial charge in [-0.05, 0) is 42.8 Å². The Labute approximate surface area is 110 Å². The van der Waals surface area contributed by atoms with E-state index in [1.165, 1.54) is 18.3 Å². The molecule has 0 aliphatic carbocycles. The van der Waals surface area contributed by atoms with Gasteiger partial charge in [0.1, 0.15) is 17.6 Å². The molecule has 0 saturated carbocycles. The maximum Gasteiger partial charge on any atom is 0.256 e. The molecule has 1 heterocycles. The van der Waals surface area contributed by atoms with Crippen molar-refractivity contribution in [3.63, 3.8) is 0 Å². The number of rotatable bonds is 2. The van der Waals surface area contributed by atoms with Crippen molar-refractivity contribution in [1.29, 1.82) is 5.26 Å². The molecular formula is C14H11N3O2. The third-order valence-corrected chi connectivity index (χ3v) is 2.59. The lowest BCUT2D eigenvalue weighted by molar-refractivity contribution is 0.102. The molecule has 0 spiro atoms. The van der Waals surface area contributed by atoms with Gasteiger partial charge < -0.3 is 10.4 Å². The van der Waals surface area contributed by atoms with Gasteiger partial charge in [0, 0.05) is 11.8 Å². The number of phenolic OH excluding ortho intramolecular Hbond substituents is 1. The highest BCUT2D eigenvalue weighted by Crippen LogP contribution is 2.17. The number of hydrogen-bond donors (Lipinski definition) is 2. The van der Waals surface area contributed by atoms with Gasteiger partial charge in [0.15, 0.2) is 0 Å². The Bertz CT molecular complexity index is 657. The molecule has 1 amide bonds. The van der Waals surface area contributed by atoms with E-state index in [1.807, 2.05) is 6.07 Å². The molecule has 0 unspecified atom stereocenters. The van der Waals surface area contributed by atoms with E-state index in [0.717, 1.165) is 0 Å². The van der Waals surface area contributed by atoms with Gasteiger partial charge in [0.05, 0.1) is 5.56 Å². The Morgan fingerprint density at radius 3 is 2.74 bits per heavy atom. The first kappa shape index (κ1) is 12.6. The number of amides is 1. The van der Waals surface area contributed by atoms with Crippen LogP contribution in [0.15, 0.2) is 36.5 Å². The number of carbonyl (C=O) groups is 1. The number of nitrogens with one attached hydrogen (secondary N) is 1. The highest BCUT2D eigenvalue weighted by atomic mass is 16.3. The average Bonchev–Trinajstić information content (AvgIpc) is 2.42. The lowest BCUT2D eigenvalue weighted by atomic mass is 10.1. The van der Waals surface area contributed by atoms with Gasteiger partial charge >= 0.3 is 0 Å². The van der Waals surface area contributed by atoms with E-state index in [4.69, 9.17) is 5.26 Å². The Morgan fingerprint density at radius 1 is 1.37 bits per heavy atom. The van der Waals surface area contributed by atoms with Gasteiger partial charge in [-0.15, -0.1) is 0 Å². The summed E-state index contributed by atoms with van der Waals surface area (Å²) in [6, 6.07) is 9.67. The molecule has 0 aliphatic heterocycles. The zero-order valence-corrected chi connectivity index (χ0v) is 10.2. The Kier molecular flexibility index (Phi) is 3.44. The third kappa shape index (κ3) is 2.87. The zero-order chi connectivity index (χ0) is 13.8. The summed E-state index contributed by atoms with van der Waals surface area (Å²) in [6.45, 7) is 1.71. The highest BCUT2D eigenvalue weighted by molar-refractivity contribution is 6.03. The van der Waals surface area contributed by atoms with Crippen LogP contribution in [0.5, 0.6) is 5.75 Å². The van der Waals surface area contributed by atoms with Crippen molar-refractivity contribution in [2.45, 2.75) is 6.92 Å². The largest absolute Gasteiger partial charge is 0.508 e. The SMILES string of the molecule is Cc1cc(C(=O)Nc2ccc(C#N)cn2)ccc1O. The molecule has 5 nitrogen and oxygen atoms in total. The number of aromatic hydroxyl groups is 1. The van der Waals surface area contributed by atoms with Crippen molar-refractivity contribution >= 4 is 11.7 Å². The minimum Gasteiger partial charge on any atom is -0.508 e. The van der Waals surface area contributed by atoms with Crippen LogP contribution >= 0.6 is 0 Å². The number of anilines is 1. The summed E-state index contributed by atoms with van der Waals surface area (Å²) < 4.78 is 0. The maximum absolute atomic E-state index is 11.9. The zero-order valence-electron chi connectivity index (χ0n) is 10.2. The van der Waals surface area contributed by atoms with Crippen LogP contribution in [-0.4, -0.2) is 16.0 Å². The van der Waals surface area contributed by atoms with Crippen molar-refractivity contribution < 1.29 is 9.90 Å². The fourth-order valence-electron chi connectivity index (χ4n) is 1.52. The fraction of sp³-hybridized carbons (Fsp3) is 0.0714. The Hall–Kier alpha value is -2.87. The van der Waals surface area contributed by atoms with Gasteiger partial charge in [0.25, 0.3) is 5.91 Å². The fourth-order valence-corrected chi connectivity index (χ4v) is 1.52. The van der Waals surface area contributed by atoms with Gasteiger partial charge in [-0.1, -0.05) is 0 Å². The molecule has 0 bridgehead atoms. The van der Waals surface area contributed by atoms with Crippen molar-refractivity contribution in [3.05, 3.63) is 53.2 Å². The normalized spacial score (nSPS) is 9.68. The average molecular weight is 253 g/mol. The molecule has 0 fully saturated rings. The number of nitrogens with zero attached hydrogens (tertiary/aromatic N) is 2. The van der Waals surface area contributed by atoms with Gasteiger partial charge in [-0.2, -0.15) is 5.26 Å². The third-order valence-electron chi connectivity index (χ3n) is 2.59. The van der Waals surface area contributed by atoms with Crippen LogP contribution in [-0.2, 0) is 0 Å². The number of aromatic nitrogens is 1. The maximum atomic E-state index is 11.9. The van der Waals surface area contributed by atoms with E-state index in [2.05, 4.69) is 10.3 Å². The molecule has 0 saturated heterocycles. The standard InChI is InChI=1S/C14H11N3O2/c1-9-6-11(3-4-12(9)18)14(19)17-13-5-2-10(7-15)8-16-13/h2-6,8,18H,1H3,(H,16,17,19). The molecule has 2 rings (SSSR count). The molecule has 2 N–H and O–H groups in total. The highest BCUT2D eigenvalue weighted by Gasteiger charge is 2.08. The second-order valence-corrected chi connectivity index (χ2v) is 4.00. The number of benzene rings is 1. The predicted octanol–water partition coefficient (Wildman–Crippen LogP) is 2.22. The number of carbonyl (C=O) groups excluding carboxylic acids is 1. The lowest BCUT2D eigenvalue weighted by Crippen LogP contribution is -2.13. The van der Waals surface area contributed by atoms with Crippen molar-refractivity contribution in [1.82, 2.24) is 4.98 Å². The summed E-state index contributed by atoms with van der Waals surface area (Å²) in [7, 11) is 0. The summed E-state index contributed by atoms with van der Waals surface area (Å²) in [5.41, 5.74) is 1.49. The molecule has 1 aromatic carbocycles. The molecule has 2 aromatic rings. The van der Waals surface area contributed by atoms with Gasteiger partial charge in [-0.25, -0.2) is 4.98 Å². The van der Waals surface area contributed by atoms with E-state index in [-0.39, 0.29) is 11.7 Å². The van der Waals surface area contributed by atoms with Gasteiger partial charge in [0.2, 0.25) is 0 Å². The summed E-state index contributed by atoms with van der Waals surface area (Å²) in [5.74, 6) is 0.197. The van der Waals surface area contributed by atoms with Crippen molar-refractivity contribution in [3.8, 4) is 11.8 Å². The summed E-state index contributed by atoms with van der Waals surface area (Å²) in [6.07, 6.45) is 1.39. The number of phenols is 1. The van der Waals surface area contributed by atoms with Crippen LogP contribution in [0.2, 0.25) is 0 Å². The van der Waals surface area contributed by atoms with Crippen LogP contribution in [0.25, 0.3) is 0 Å². The first-order chi connectivity index (χ1) is 9.10. The smallest absolute Gasteiger partial charge is 0.256 e. The lowest BCUT2D eigenvalue weighted by Gasteiger charge is -2.06. The number of nitriles is 1. The van der Waals surface area contributed by atoms with E-state index in [1.54, 1.807) is 25.1 Å². The molecular weight excluding hydrogens is 242 g/mol. The second-order valence-electron chi connectivity index (χ2n) is 4.00. The molecule has 0 aliphatic rings. The van der Waals surface area contributed by atoms with E-state index in [0.29, 0.717) is 22.5 Å². The monoisotopic (exact) mass is 253 g/mol. The van der Waals surface area contributed by atoms with E-state index >= 15 is 0 Å². The van der Waals surface area contributed by atoms with Crippen LogP contribution in [0, 0.1) is 18.3 Å². The minimum absolute atomic E-state index is 0.146. The van der Waals surface area contributed by atoms with E-state index in [9.17, 15) is 9.90 Å². The molecule has 5 heteroatoms. The number of aryl methyl sites for hydroxylation is 1. The Balaban J connectivity index is 2.16. The second kappa shape index (κ2) is 5.19. The van der Waals surface area contributed by atoms with E-state index < -0.39 is 0 Å². The molecule has 94 valence electrons. The Morgan fingerprint density at radius 2 is 2.16 bits per heavy atom.